The van der Waals surface area contributed by atoms with E-state index in [1.807, 2.05) is 48.5 Å². The number of carbonyl (C=O) groups excluding carboxylic acids is 2. The number of para-hydroxylation sites is 1. The van der Waals surface area contributed by atoms with Crippen LogP contribution in [0.25, 0.3) is 0 Å². The maximum absolute atomic E-state index is 13.4. The van der Waals surface area contributed by atoms with Crippen molar-refractivity contribution < 1.29 is 14.3 Å². The fourth-order valence-electron chi connectivity index (χ4n) is 3.93. The van der Waals surface area contributed by atoms with Gasteiger partial charge in [-0.2, -0.15) is 0 Å². The highest BCUT2D eigenvalue weighted by Crippen LogP contribution is 2.47. The molecule has 4 heteroatoms. The van der Waals surface area contributed by atoms with E-state index in [2.05, 4.69) is 24.4 Å². The molecule has 0 aliphatic carbocycles. The second kappa shape index (κ2) is 6.97. The van der Waals surface area contributed by atoms with Gasteiger partial charge < -0.3 is 10.1 Å². The SMILES string of the molecule is CCc1ccc(C2(c3ccc(OC(C)=O)cc3)C(=O)Nc3ccccc32)cc1. The van der Waals surface area contributed by atoms with Gasteiger partial charge in [0.25, 0.3) is 0 Å². The van der Waals surface area contributed by atoms with Crippen molar-refractivity contribution in [3.8, 4) is 5.75 Å². The Balaban J connectivity index is 1.92. The van der Waals surface area contributed by atoms with Gasteiger partial charge in [0.05, 0.1) is 0 Å². The third-order valence-electron chi connectivity index (χ3n) is 5.26. The van der Waals surface area contributed by atoms with Crippen molar-refractivity contribution >= 4 is 17.6 Å². The molecule has 28 heavy (non-hydrogen) atoms. The first-order valence-electron chi connectivity index (χ1n) is 9.35. The Morgan fingerprint density at radius 1 is 0.929 bits per heavy atom. The Hall–Kier alpha value is -3.40. The minimum absolute atomic E-state index is 0.0850. The van der Waals surface area contributed by atoms with Crippen molar-refractivity contribution in [3.63, 3.8) is 0 Å². The third-order valence-corrected chi connectivity index (χ3v) is 5.26. The first-order valence-corrected chi connectivity index (χ1v) is 9.35. The van der Waals surface area contributed by atoms with Crippen LogP contribution in [0.5, 0.6) is 5.75 Å². The van der Waals surface area contributed by atoms with Crippen LogP contribution in [0, 0.1) is 0 Å². The summed E-state index contributed by atoms with van der Waals surface area (Å²) in [4.78, 5) is 24.6. The number of hydrogen-bond donors (Lipinski definition) is 1. The Morgan fingerprint density at radius 3 is 2.14 bits per heavy atom. The molecule has 1 unspecified atom stereocenters. The predicted octanol–water partition coefficient (Wildman–Crippen LogP) is 4.46. The lowest BCUT2D eigenvalue weighted by atomic mass is 9.70. The molecule has 1 aliphatic rings. The molecule has 4 nitrogen and oxygen atoms in total. The van der Waals surface area contributed by atoms with Gasteiger partial charge in [-0.15, -0.1) is 0 Å². The second-order valence-electron chi connectivity index (χ2n) is 6.92. The molecule has 3 aromatic carbocycles. The summed E-state index contributed by atoms with van der Waals surface area (Å²) in [5, 5.41) is 3.04. The van der Waals surface area contributed by atoms with Crippen LogP contribution < -0.4 is 10.1 Å². The van der Waals surface area contributed by atoms with Crippen molar-refractivity contribution in [1.82, 2.24) is 0 Å². The van der Waals surface area contributed by atoms with Gasteiger partial charge in [-0.05, 0) is 41.3 Å². The molecule has 0 aromatic heterocycles. The van der Waals surface area contributed by atoms with Gasteiger partial charge in [-0.25, -0.2) is 0 Å². The van der Waals surface area contributed by atoms with E-state index in [1.165, 1.54) is 12.5 Å². The lowest BCUT2D eigenvalue weighted by Crippen LogP contribution is -2.37. The molecule has 0 spiro atoms. The lowest BCUT2D eigenvalue weighted by Gasteiger charge is -2.29. The van der Waals surface area contributed by atoms with E-state index in [4.69, 9.17) is 4.74 Å². The number of hydrogen-bond acceptors (Lipinski definition) is 3. The van der Waals surface area contributed by atoms with Crippen molar-refractivity contribution in [3.05, 3.63) is 95.1 Å². The summed E-state index contributed by atoms with van der Waals surface area (Å²) in [5.41, 5.74) is 3.75. The summed E-state index contributed by atoms with van der Waals surface area (Å²) in [7, 11) is 0. The highest BCUT2D eigenvalue weighted by molar-refractivity contribution is 6.11. The molecule has 0 saturated carbocycles. The lowest BCUT2D eigenvalue weighted by molar-refractivity contribution is -0.131. The molecule has 1 amide bonds. The van der Waals surface area contributed by atoms with Gasteiger partial charge in [0.15, 0.2) is 0 Å². The van der Waals surface area contributed by atoms with Crippen LogP contribution in [-0.4, -0.2) is 11.9 Å². The quantitative estimate of drug-likeness (QED) is 0.544. The zero-order chi connectivity index (χ0) is 19.7. The fourth-order valence-corrected chi connectivity index (χ4v) is 3.93. The van der Waals surface area contributed by atoms with Crippen LogP contribution in [0.3, 0.4) is 0 Å². The first kappa shape index (κ1) is 18.0. The molecule has 1 heterocycles. The number of aryl methyl sites for hydroxylation is 1. The summed E-state index contributed by atoms with van der Waals surface area (Å²) in [6.45, 7) is 3.47. The molecule has 0 bridgehead atoms. The van der Waals surface area contributed by atoms with Crippen LogP contribution >= 0.6 is 0 Å². The predicted molar refractivity (Wildman–Crippen MR) is 109 cm³/mol. The maximum Gasteiger partial charge on any atom is 0.308 e. The zero-order valence-electron chi connectivity index (χ0n) is 15.9. The van der Waals surface area contributed by atoms with Crippen molar-refractivity contribution in [2.75, 3.05) is 5.32 Å². The summed E-state index contributed by atoms with van der Waals surface area (Å²) in [5.74, 6) is -0.000761. The number of rotatable bonds is 4. The van der Waals surface area contributed by atoms with E-state index < -0.39 is 5.41 Å². The summed E-state index contributed by atoms with van der Waals surface area (Å²) >= 11 is 0. The van der Waals surface area contributed by atoms with E-state index >= 15 is 0 Å². The van der Waals surface area contributed by atoms with Crippen LogP contribution in [0.1, 0.15) is 36.1 Å². The maximum atomic E-state index is 13.4. The first-order chi connectivity index (χ1) is 13.6. The third kappa shape index (κ3) is 2.78. The van der Waals surface area contributed by atoms with Gasteiger partial charge in [-0.3, -0.25) is 9.59 Å². The number of amides is 1. The van der Waals surface area contributed by atoms with E-state index in [0.29, 0.717) is 5.75 Å². The molecule has 140 valence electrons. The highest BCUT2D eigenvalue weighted by Gasteiger charge is 2.49. The van der Waals surface area contributed by atoms with Gasteiger partial charge in [-0.1, -0.05) is 61.5 Å². The van der Waals surface area contributed by atoms with Crippen LogP contribution in [0.2, 0.25) is 0 Å². The Morgan fingerprint density at radius 2 is 1.54 bits per heavy atom. The van der Waals surface area contributed by atoms with E-state index in [1.54, 1.807) is 12.1 Å². The number of nitrogens with one attached hydrogen (secondary N) is 1. The highest BCUT2D eigenvalue weighted by atomic mass is 16.5. The molecule has 1 N–H and O–H groups in total. The van der Waals surface area contributed by atoms with Crippen molar-refractivity contribution in [2.45, 2.75) is 25.7 Å². The van der Waals surface area contributed by atoms with E-state index in [0.717, 1.165) is 28.8 Å². The molecule has 0 radical (unpaired) electrons. The molecule has 0 saturated heterocycles. The standard InChI is InChI=1S/C24H21NO3/c1-3-17-8-10-18(11-9-17)24(19-12-14-20(15-13-19)28-16(2)26)21-6-4-5-7-22(21)25-23(24)27/h4-15H,3H2,1-2H3,(H,25,27). The van der Waals surface area contributed by atoms with Gasteiger partial charge >= 0.3 is 5.97 Å². The normalized spacial score (nSPS) is 17.7. The van der Waals surface area contributed by atoms with Crippen LogP contribution in [0.15, 0.2) is 72.8 Å². The Labute approximate surface area is 164 Å². The fraction of sp³-hybridized carbons (Fsp3) is 0.167. The molecule has 1 atom stereocenters. The number of anilines is 1. The monoisotopic (exact) mass is 371 g/mol. The van der Waals surface area contributed by atoms with Gasteiger partial charge in [0.1, 0.15) is 11.2 Å². The van der Waals surface area contributed by atoms with Gasteiger partial charge in [0, 0.05) is 18.2 Å². The van der Waals surface area contributed by atoms with Crippen molar-refractivity contribution in [1.29, 1.82) is 0 Å². The molecule has 4 rings (SSSR count). The zero-order valence-corrected chi connectivity index (χ0v) is 15.9. The molecule has 0 fully saturated rings. The number of fused-ring (bicyclic) bond motifs is 1. The molecular weight excluding hydrogens is 350 g/mol. The van der Waals surface area contributed by atoms with E-state index in [9.17, 15) is 9.59 Å². The largest absolute Gasteiger partial charge is 0.427 e. The van der Waals surface area contributed by atoms with Crippen LogP contribution in [-0.2, 0) is 21.4 Å². The van der Waals surface area contributed by atoms with Crippen molar-refractivity contribution in [2.24, 2.45) is 0 Å². The minimum atomic E-state index is -0.947. The average Bonchev–Trinajstić information content (AvgIpc) is 3.01. The molecule has 1 aliphatic heterocycles. The topological polar surface area (TPSA) is 55.4 Å². The summed E-state index contributed by atoms with van der Waals surface area (Å²) in [6.07, 6.45) is 0.938. The summed E-state index contributed by atoms with van der Waals surface area (Å²) < 4.78 is 5.16. The second-order valence-corrected chi connectivity index (χ2v) is 6.92. The molecule has 3 aromatic rings. The minimum Gasteiger partial charge on any atom is -0.427 e. The molecular formula is C24H21NO3. The number of benzene rings is 3. The van der Waals surface area contributed by atoms with Crippen LogP contribution in [0.4, 0.5) is 5.69 Å². The van der Waals surface area contributed by atoms with Gasteiger partial charge in [0.2, 0.25) is 5.91 Å². The average molecular weight is 371 g/mol. The summed E-state index contributed by atoms with van der Waals surface area (Å²) in [6, 6.07) is 23.1. The van der Waals surface area contributed by atoms with E-state index in [-0.39, 0.29) is 11.9 Å². The number of esters is 1. The Bertz CT molecular complexity index is 1040. The number of carbonyl (C=O) groups is 2. The number of ether oxygens (including phenoxy) is 1. The Kier molecular flexibility index (Phi) is 4.47. The smallest absolute Gasteiger partial charge is 0.308 e.